The summed E-state index contributed by atoms with van der Waals surface area (Å²) >= 11 is 0. The Balaban J connectivity index is 1.42. The summed E-state index contributed by atoms with van der Waals surface area (Å²) in [5.74, 6) is 3.42. The highest BCUT2D eigenvalue weighted by molar-refractivity contribution is 5.85. The number of ether oxygens (including phenoxy) is 1. The first-order valence-corrected chi connectivity index (χ1v) is 11.3. The molecule has 1 aliphatic carbocycles. The molecular weight excluding hydrogens is 416 g/mol. The zero-order valence-corrected chi connectivity index (χ0v) is 19.5. The number of pyridine rings is 2. The maximum absolute atomic E-state index is 10.0. The fourth-order valence-corrected chi connectivity index (χ4v) is 5.29. The number of aromatic nitrogens is 3. The van der Waals surface area contributed by atoms with Gasteiger partial charge in [-0.2, -0.15) is 10.4 Å². The van der Waals surface area contributed by atoms with Crippen molar-refractivity contribution in [3.8, 4) is 22.9 Å². The Morgan fingerprint density at radius 1 is 1.21 bits per heavy atom. The average molecular weight is 447 g/mol. The molecule has 33 heavy (non-hydrogen) atoms. The van der Waals surface area contributed by atoms with Gasteiger partial charge in [0.2, 0.25) is 0 Å². The molecule has 1 saturated heterocycles. The Hall–Kier alpha value is -3.15. The summed E-state index contributed by atoms with van der Waals surface area (Å²) in [7, 11) is 0. The normalized spacial score (nSPS) is 22.3. The molecule has 8 nitrogen and oxygen atoms in total. The maximum atomic E-state index is 10.0. The SMILES string of the molecule is CC(C)(O)COc1cc(-c2ccc(N3CC4C(C3)C4C(C)(C)N)nc2)c2c(C#N)cnn2c1. The van der Waals surface area contributed by atoms with E-state index in [9.17, 15) is 10.4 Å². The van der Waals surface area contributed by atoms with Crippen molar-refractivity contribution in [1.82, 2.24) is 14.6 Å². The topological polar surface area (TPSA) is 113 Å². The van der Waals surface area contributed by atoms with Gasteiger partial charge in [0.25, 0.3) is 0 Å². The minimum Gasteiger partial charge on any atom is -0.489 e. The molecule has 4 heterocycles. The van der Waals surface area contributed by atoms with Crippen LogP contribution >= 0.6 is 0 Å². The second-order valence-corrected chi connectivity index (χ2v) is 10.6. The van der Waals surface area contributed by atoms with Crippen molar-refractivity contribution in [2.24, 2.45) is 23.5 Å². The summed E-state index contributed by atoms with van der Waals surface area (Å²) in [6, 6.07) is 8.15. The first-order chi connectivity index (χ1) is 15.5. The van der Waals surface area contributed by atoms with E-state index in [1.165, 1.54) is 0 Å². The molecule has 0 bridgehead atoms. The second-order valence-electron chi connectivity index (χ2n) is 10.6. The number of nitrogens with two attached hydrogens (primary N) is 1. The van der Waals surface area contributed by atoms with Gasteiger partial charge in [0.15, 0.2) is 0 Å². The van der Waals surface area contributed by atoms with Gasteiger partial charge >= 0.3 is 0 Å². The minimum atomic E-state index is -0.963. The molecule has 0 spiro atoms. The van der Waals surface area contributed by atoms with E-state index in [4.69, 9.17) is 15.5 Å². The summed E-state index contributed by atoms with van der Waals surface area (Å²) in [6.45, 7) is 9.76. The zero-order chi connectivity index (χ0) is 23.5. The van der Waals surface area contributed by atoms with Crippen molar-refractivity contribution >= 4 is 11.3 Å². The van der Waals surface area contributed by atoms with Gasteiger partial charge in [-0.1, -0.05) is 0 Å². The largest absolute Gasteiger partial charge is 0.489 e. The monoisotopic (exact) mass is 446 g/mol. The van der Waals surface area contributed by atoms with Crippen LogP contribution in [-0.2, 0) is 0 Å². The zero-order valence-electron chi connectivity index (χ0n) is 19.5. The number of anilines is 1. The molecule has 0 aromatic carbocycles. The van der Waals surface area contributed by atoms with Crippen LogP contribution in [0.2, 0.25) is 0 Å². The van der Waals surface area contributed by atoms with Crippen LogP contribution in [0.3, 0.4) is 0 Å². The van der Waals surface area contributed by atoms with E-state index in [1.54, 1.807) is 30.8 Å². The number of nitriles is 1. The first kappa shape index (κ1) is 21.7. The number of fused-ring (bicyclic) bond motifs is 2. The number of hydrogen-bond acceptors (Lipinski definition) is 7. The lowest BCUT2D eigenvalue weighted by atomic mass is 9.96. The maximum Gasteiger partial charge on any atom is 0.138 e. The molecule has 2 atom stereocenters. The molecule has 8 heteroatoms. The van der Waals surface area contributed by atoms with E-state index in [0.717, 1.165) is 30.0 Å². The molecule has 0 amide bonds. The van der Waals surface area contributed by atoms with Gasteiger partial charge < -0.3 is 20.5 Å². The molecule has 3 aromatic rings. The summed E-state index contributed by atoms with van der Waals surface area (Å²) in [4.78, 5) is 7.07. The predicted molar refractivity (Wildman–Crippen MR) is 126 cm³/mol. The van der Waals surface area contributed by atoms with Gasteiger partial charge in [0, 0.05) is 36.0 Å². The molecule has 2 aliphatic rings. The minimum absolute atomic E-state index is 0.119. The van der Waals surface area contributed by atoms with Crippen molar-refractivity contribution in [1.29, 1.82) is 5.26 Å². The number of aliphatic hydroxyl groups is 1. The molecule has 1 aliphatic heterocycles. The fourth-order valence-electron chi connectivity index (χ4n) is 5.29. The van der Waals surface area contributed by atoms with Crippen molar-refractivity contribution in [2.45, 2.75) is 38.8 Å². The van der Waals surface area contributed by atoms with Crippen LogP contribution in [0.25, 0.3) is 16.6 Å². The molecule has 1 saturated carbocycles. The molecule has 3 aromatic heterocycles. The molecular formula is C25H30N6O2. The molecule has 2 unspecified atom stereocenters. The third-order valence-corrected chi connectivity index (χ3v) is 6.74. The highest BCUT2D eigenvalue weighted by atomic mass is 16.5. The highest BCUT2D eigenvalue weighted by Gasteiger charge is 2.60. The lowest BCUT2D eigenvalue weighted by molar-refractivity contribution is 0.0283. The standard InChI is InChI=1S/C25H30N6O2/c1-24(2,32)14-33-17-7-18(23-16(8-26)10-29-31(23)11-17)15-5-6-21(28-9-15)30-12-19-20(13-30)22(19)25(3,4)27/h5-7,9-11,19-20,22,32H,12-14,27H2,1-4H3. The molecule has 172 valence electrons. The van der Waals surface area contributed by atoms with Crippen LogP contribution in [0.15, 0.2) is 36.8 Å². The number of rotatable bonds is 6. The fraction of sp³-hybridized carbons (Fsp3) is 0.480. The predicted octanol–water partition coefficient (Wildman–Crippen LogP) is 2.84. The second kappa shape index (κ2) is 7.44. The quantitative estimate of drug-likeness (QED) is 0.599. The van der Waals surface area contributed by atoms with Gasteiger partial charge in [-0.05, 0) is 63.6 Å². The lowest BCUT2D eigenvalue weighted by Gasteiger charge is -2.26. The van der Waals surface area contributed by atoms with Crippen molar-refractivity contribution in [3.05, 3.63) is 42.4 Å². The van der Waals surface area contributed by atoms with E-state index >= 15 is 0 Å². The Labute approximate surface area is 193 Å². The molecule has 0 radical (unpaired) electrons. The van der Waals surface area contributed by atoms with Gasteiger partial charge in [0.1, 0.15) is 24.2 Å². The van der Waals surface area contributed by atoms with E-state index < -0.39 is 5.60 Å². The average Bonchev–Trinajstić information content (AvgIpc) is 3.08. The third-order valence-electron chi connectivity index (χ3n) is 6.74. The van der Waals surface area contributed by atoms with Crippen LogP contribution in [0.4, 0.5) is 5.82 Å². The van der Waals surface area contributed by atoms with Crippen molar-refractivity contribution < 1.29 is 9.84 Å². The smallest absolute Gasteiger partial charge is 0.138 e. The Morgan fingerprint density at radius 2 is 1.94 bits per heavy atom. The summed E-state index contributed by atoms with van der Waals surface area (Å²) in [6.07, 6.45) is 5.11. The molecule has 5 rings (SSSR count). The highest BCUT2D eigenvalue weighted by Crippen LogP contribution is 2.56. The third kappa shape index (κ3) is 4.03. The van der Waals surface area contributed by atoms with Crippen molar-refractivity contribution in [2.75, 3.05) is 24.6 Å². The van der Waals surface area contributed by atoms with Crippen LogP contribution < -0.4 is 15.4 Å². The first-order valence-electron chi connectivity index (χ1n) is 11.3. The van der Waals surface area contributed by atoms with E-state index in [2.05, 4.69) is 29.9 Å². The van der Waals surface area contributed by atoms with E-state index in [1.807, 2.05) is 24.4 Å². The Morgan fingerprint density at radius 3 is 2.52 bits per heavy atom. The van der Waals surface area contributed by atoms with E-state index in [0.29, 0.717) is 34.6 Å². The lowest BCUT2D eigenvalue weighted by Crippen LogP contribution is -2.39. The van der Waals surface area contributed by atoms with Crippen LogP contribution in [0.5, 0.6) is 5.75 Å². The number of nitrogens with zero attached hydrogens (tertiary/aromatic N) is 5. The Kier molecular flexibility index (Phi) is 4.89. The molecule has 3 N–H and O–H groups in total. The van der Waals surface area contributed by atoms with Gasteiger partial charge in [-0.15, -0.1) is 0 Å². The van der Waals surface area contributed by atoms with E-state index in [-0.39, 0.29) is 12.1 Å². The summed E-state index contributed by atoms with van der Waals surface area (Å²) < 4.78 is 7.45. The van der Waals surface area contributed by atoms with Crippen LogP contribution in [0.1, 0.15) is 33.3 Å². The van der Waals surface area contributed by atoms with Crippen molar-refractivity contribution in [3.63, 3.8) is 0 Å². The molecule has 2 fully saturated rings. The van der Waals surface area contributed by atoms with Crippen LogP contribution in [0, 0.1) is 29.1 Å². The van der Waals surface area contributed by atoms with Crippen LogP contribution in [-0.4, -0.2) is 50.5 Å². The number of hydrogen-bond donors (Lipinski definition) is 2. The van der Waals surface area contributed by atoms with Gasteiger partial charge in [-0.3, -0.25) is 0 Å². The summed E-state index contributed by atoms with van der Waals surface area (Å²) in [5, 5.41) is 23.9. The number of piperidine rings is 1. The Bertz CT molecular complexity index is 1220. The van der Waals surface area contributed by atoms with Gasteiger partial charge in [0.05, 0.1) is 29.1 Å². The van der Waals surface area contributed by atoms with Gasteiger partial charge in [-0.25, -0.2) is 9.50 Å². The summed E-state index contributed by atoms with van der Waals surface area (Å²) in [5.41, 5.74) is 8.12.